The molecule has 2 aromatic carbocycles. The maximum atomic E-state index is 14.9. The van der Waals surface area contributed by atoms with Gasteiger partial charge in [-0.15, -0.1) is 0 Å². The summed E-state index contributed by atoms with van der Waals surface area (Å²) in [5.41, 5.74) is -2.74. The average molecular weight is 643 g/mol. The molecule has 3 heterocycles. The minimum Gasteiger partial charge on any atom is -0.382 e. The first-order valence-corrected chi connectivity index (χ1v) is 14.8. The number of alkyl halides is 3. The number of aliphatic hydroxyl groups is 1. The van der Waals surface area contributed by atoms with Gasteiger partial charge < -0.3 is 10.0 Å². The van der Waals surface area contributed by atoms with Gasteiger partial charge in [-0.2, -0.15) is 27.7 Å². The van der Waals surface area contributed by atoms with E-state index in [2.05, 4.69) is 15.2 Å². The molecular weight excluding hydrogens is 615 g/mol. The molecule has 2 atom stereocenters. The second-order valence-corrected chi connectivity index (χ2v) is 12.5. The van der Waals surface area contributed by atoms with Gasteiger partial charge in [-0.25, -0.2) is 40.9 Å². The maximum Gasteiger partial charge on any atom is 0.408 e. The van der Waals surface area contributed by atoms with Gasteiger partial charge in [-0.05, 0) is 37.3 Å². The molecule has 236 valence electrons. The first-order valence-electron chi connectivity index (χ1n) is 13.2. The predicted octanol–water partition coefficient (Wildman–Crippen LogP) is 1.89. The van der Waals surface area contributed by atoms with Crippen molar-refractivity contribution in [3.63, 3.8) is 0 Å². The topological polar surface area (TPSA) is 131 Å². The van der Waals surface area contributed by atoms with Crippen LogP contribution in [-0.2, 0) is 28.7 Å². The molecule has 0 saturated carbocycles. The van der Waals surface area contributed by atoms with Gasteiger partial charge >= 0.3 is 11.9 Å². The molecule has 0 radical (unpaired) electrons. The number of nitrogens with zero attached hydrogens (tertiary/aromatic N) is 8. The van der Waals surface area contributed by atoms with Crippen molar-refractivity contribution in [3.05, 3.63) is 89.1 Å². The van der Waals surface area contributed by atoms with E-state index in [4.69, 9.17) is 0 Å². The molecule has 5 rings (SSSR count). The Morgan fingerprint density at radius 3 is 2.18 bits per heavy atom. The lowest BCUT2D eigenvalue weighted by Gasteiger charge is -2.40. The van der Waals surface area contributed by atoms with Crippen molar-refractivity contribution in [1.29, 1.82) is 0 Å². The summed E-state index contributed by atoms with van der Waals surface area (Å²) in [6, 6.07) is 8.85. The fraction of sp³-hybridized carbons (Fsp3) is 0.385. The summed E-state index contributed by atoms with van der Waals surface area (Å²) in [4.78, 5) is 18.0. The Kier molecular flexibility index (Phi) is 8.34. The van der Waals surface area contributed by atoms with Crippen LogP contribution in [0.2, 0.25) is 0 Å². The molecule has 4 aromatic rings. The van der Waals surface area contributed by atoms with Crippen molar-refractivity contribution in [1.82, 2.24) is 33.4 Å². The Labute approximate surface area is 247 Å². The number of benzene rings is 2. The zero-order valence-corrected chi connectivity index (χ0v) is 24.0. The number of piperazine rings is 1. The quantitative estimate of drug-likeness (QED) is 0.274. The van der Waals surface area contributed by atoms with Gasteiger partial charge in [0.2, 0.25) is 10.0 Å². The molecule has 0 unspecified atom stereocenters. The lowest BCUT2D eigenvalue weighted by molar-refractivity contribution is -0.143. The predicted molar refractivity (Wildman–Crippen MR) is 146 cm³/mol. The van der Waals surface area contributed by atoms with Gasteiger partial charge in [0.25, 0.3) is 0 Å². The number of rotatable bonds is 9. The first-order chi connectivity index (χ1) is 20.7. The van der Waals surface area contributed by atoms with Crippen LogP contribution in [0.5, 0.6) is 0 Å². The Morgan fingerprint density at radius 1 is 0.932 bits per heavy atom. The normalized spacial score (nSPS) is 17.0. The number of sulfonamides is 1. The second-order valence-electron chi connectivity index (χ2n) is 10.3. The molecule has 1 saturated heterocycles. The zero-order chi connectivity index (χ0) is 31.9. The molecule has 0 spiro atoms. The number of aromatic nitrogens is 6. The Balaban J connectivity index is 1.31. The summed E-state index contributed by atoms with van der Waals surface area (Å²) in [5.74, 6) is -2.00. The van der Waals surface area contributed by atoms with Crippen LogP contribution in [-0.4, -0.2) is 84.5 Å². The highest BCUT2D eigenvalue weighted by atomic mass is 32.2. The standard InChI is InChI=1S/C26H27F5N8O4S/c1-18(25(41,13-36-16-32-15-33-36)22-7-2-19(27)12-23(22)28)44(42,43)37-10-8-35(9-11-37)20-3-5-21(6-4-20)38-17-34-39(24(38)40)14-26(29,30)31/h2-7,12,15-18,41H,8-11,13-14H2,1H3/t18-,25-/m1/s1. The van der Waals surface area contributed by atoms with E-state index in [-0.39, 0.29) is 26.2 Å². The summed E-state index contributed by atoms with van der Waals surface area (Å²) in [6.45, 7) is -0.228. The van der Waals surface area contributed by atoms with E-state index in [0.717, 1.165) is 27.7 Å². The third-order valence-corrected chi connectivity index (χ3v) is 9.91. The van der Waals surface area contributed by atoms with Gasteiger partial charge in [-0.3, -0.25) is 0 Å². The van der Waals surface area contributed by atoms with Gasteiger partial charge in [0.1, 0.15) is 48.0 Å². The van der Waals surface area contributed by atoms with Crippen LogP contribution in [0.25, 0.3) is 5.69 Å². The average Bonchev–Trinajstić information content (AvgIpc) is 3.61. The van der Waals surface area contributed by atoms with Gasteiger partial charge in [0, 0.05) is 43.5 Å². The summed E-state index contributed by atoms with van der Waals surface area (Å²) in [5, 5.41) is 17.6. The van der Waals surface area contributed by atoms with Crippen LogP contribution in [0.3, 0.4) is 0 Å². The van der Waals surface area contributed by atoms with Crippen LogP contribution >= 0.6 is 0 Å². The molecule has 12 nitrogen and oxygen atoms in total. The summed E-state index contributed by atoms with van der Waals surface area (Å²) in [7, 11) is -4.25. The van der Waals surface area contributed by atoms with Crippen molar-refractivity contribution in [2.75, 3.05) is 31.1 Å². The van der Waals surface area contributed by atoms with Crippen molar-refractivity contribution in [2.24, 2.45) is 0 Å². The molecular formula is C26H27F5N8O4S. The van der Waals surface area contributed by atoms with E-state index in [1.807, 2.05) is 4.90 Å². The Hall–Kier alpha value is -4.16. The zero-order valence-electron chi connectivity index (χ0n) is 23.1. The fourth-order valence-corrected chi connectivity index (χ4v) is 6.94. The molecule has 44 heavy (non-hydrogen) atoms. The Morgan fingerprint density at radius 2 is 1.59 bits per heavy atom. The van der Waals surface area contributed by atoms with Crippen molar-refractivity contribution < 1.29 is 35.5 Å². The van der Waals surface area contributed by atoms with E-state index in [0.29, 0.717) is 22.1 Å². The van der Waals surface area contributed by atoms with E-state index in [1.165, 1.54) is 36.0 Å². The molecule has 1 aliphatic rings. The number of anilines is 1. The van der Waals surface area contributed by atoms with Gasteiger partial charge in [0.05, 0.1) is 12.2 Å². The van der Waals surface area contributed by atoms with Crippen LogP contribution < -0.4 is 10.6 Å². The maximum absolute atomic E-state index is 14.9. The lowest BCUT2D eigenvalue weighted by atomic mass is 9.90. The minimum atomic E-state index is -4.60. The number of hydrogen-bond donors (Lipinski definition) is 1. The fourth-order valence-electron chi connectivity index (χ4n) is 5.12. The highest BCUT2D eigenvalue weighted by Gasteiger charge is 2.48. The number of halogens is 5. The molecule has 0 amide bonds. The van der Waals surface area contributed by atoms with E-state index < -0.39 is 63.0 Å². The largest absolute Gasteiger partial charge is 0.408 e. The van der Waals surface area contributed by atoms with E-state index >= 15 is 0 Å². The Bertz CT molecular complexity index is 1770. The molecule has 1 aliphatic heterocycles. The SMILES string of the molecule is C[C@H]([C@](O)(Cn1cncn1)c1ccc(F)cc1F)S(=O)(=O)N1CCN(c2ccc(-n3cnn(CC(F)(F)F)c3=O)cc2)CC1. The molecule has 0 aliphatic carbocycles. The molecule has 1 N–H and O–H groups in total. The molecule has 18 heteroatoms. The van der Waals surface area contributed by atoms with Gasteiger partial charge in [-0.1, -0.05) is 6.07 Å². The monoisotopic (exact) mass is 642 g/mol. The number of hydrogen-bond acceptors (Lipinski definition) is 8. The van der Waals surface area contributed by atoms with E-state index in [1.54, 1.807) is 12.1 Å². The third-order valence-electron chi connectivity index (χ3n) is 7.54. The van der Waals surface area contributed by atoms with E-state index in [9.17, 15) is 40.3 Å². The summed E-state index contributed by atoms with van der Waals surface area (Å²) in [6.07, 6.45) is -1.20. The highest BCUT2D eigenvalue weighted by molar-refractivity contribution is 7.89. The lowest BCUT2D eigenvalue weighted by Crippen LogP contribution is -2.56. The summed E-state index contributed by atoms with van der Waals surface area (Å²) >= 11 is 0. The smallest absolute Gasteiger partial charge is 0.382 e. The van der Waals surface area contributed by atoms with Crippen LogP contribution in [0, 0.1) is 11.6 Å². The van der Waals surface area contributed by atoms with Crippen molar-refractivity contribution >= 4 is 15.7 Å². The van der Waals surface area contributed by atoms with Crippen LogP contribution in [0.4, 0.5) is 27.6 Å². The third kappa shape index (κ3) is 6.22. The van der Waals surface area contributed by atoms with Crippen molar-refractivity contribution in [2.45, 2.75) is 37.0 Å². The molecule has 0 bridgehead atoms. The first kappa shape index (κ1) is 31.3. The minimum absolute atomic E-state index is 0.0173. The highest BCUT2D eigenvalue weighted by Crippen LogP contribution is 2.35. The van der Waals surface area contributed by atoms with Crippen LogP contribution in [0.15, 0.2) is 66.2 Å². The van der Waals surface area contributed by atoms with Crippen molar-refractivity contribution in [3.8, 4) is 5.69 Å². The van der Waals surface area contributed by atoms with Gasteiger partial charge in [0.15, 0.2) is 0 Å². The molecule has 2 aromatic heterocycles. The summed E-state index contributed by atoms with van der Waals surface area (Å²) < 4.78 is 97.8. The van der Waals surface area contributed by atoms with Crippen LogP contribution in [0.1, 0.15) is 12.5 Å². The molecule has 1 fully saturated rings. The second kappa shape index (κ2) is 11.7.